The third-order valence-corrected chi connectivity index (χ3v) is 2.53. The van der Waals surface area contributed by atoms with Crippen LogP contribution in [0.4, 0.5) is 0 Å². The molecule has 2 N–H and O–H groups in total. The Balaban J connectivity index is 1.81. The van der Waals surface area contributed by atoms with E-state index in [1.54, 1.807) is 0 Å². The molecule has 0 bridgehead atoms. The molecule has 0 spiro atoms. The van der Waals surface area contributed by atoms with Crippen LogP contribution in [0.3, 0.4) is 0 Å². The molecule has 1 aliphatic carbocycles. The topological polar surface area (TPSA) is 41.1 Å². The summed E-state index contributed by atoms with van der Waals surface area (Å²) >= 11 is 0. The fourth-order valence-corrected chi connectivity index (χ4v) is 1.34. The van der Waals surface area contributed by atoms with Gasteiger partial charge in [-0.2, -0.15) is 0 Å². The van der Waals surface area contributed by atoms with Crippen LogP contribution in [-0.4, -0.2) is 25.5 Å². The van der Waals surface area contributed by atoms with E-state index in [9.17, 15) is 4.79 Å². The maximum absolute atomic E-state index is 11.2. The van der Waals surface area contributed by atoms with Gasteiger partial charge in [-0.15, -0.1) is 0 Å². The second kappa shape index (κ2) is 6.82. The van der Waals surface area contributed by atoms with E-state index in [0.29, 0.717) is 6.54 Å². The van der Waals surface area contributed by atoms with E-state index in [2.05, 4.69) is 17.6 Å². The molecular weight excluding hydrogens is 176 g/mol. The van der Waals surface area contributed by atoms with E-state index in [-0.39, 0.29) is 5.91 Å². The molecule has 0 aromatic carbocycles. The Hall–Kier alpha value is -0.570. The van der Waals surface area contributed by atoms with Crippen LogP contribution in [0.1, 0.15) is 39.0 Å². The van der Waals surface area contributed by atoms with Gasteiger partial charge in [0.25, 0.3) is 0 Å². The number of rotatable bonds is 8. The first-order valence-electron chi connectivity index (χ1n) is 5.80. The quantitative estimate of drug-likeness (QED) is 0.577. The monoisotopic (exact) mass is 198 g/mol. The molecule has 0 atom stereocenters. The number of hydrogen-bond acceptors (Lipinski definition) is 2. The Morgan fingerprint density at radius 2 is 2.14 bits per heavy atom. The van der Waals surface area contributed by atoms with Crippen molar-refractivity contribution in [3.63, 3.8) is 0 Å². The molecule has 0 aromatic heterocycles. The third-order valence-electron chi connectivity index (χ3n) is 2.53. The molecule has 82 valence electrons. The minimum absolute atomic E-state index is 0.147. The van der Waals surface area contributed by atoms with Gasteiger partial charge in [0.2, 0.25) is 5.91 Å². The van der Waals surface area contributed by atoms with Gasteiger partial charge in [0, 0.05) is 6.54 Å². The van der Waals surface area contributed by atoms with Crippen LogP contribution in [-0.2, 0) is 4.79 Å². The number of nitrogens with one attached hydrogen (secondary N) is 2. The summed E-state index contributed by atoms with van der Waals surface area (Å²) in [6, 6.07) is 0. The fourth-order valence-electron chi connectivity index (χ4n) is 1.34. The van der Waals surface area contributed by atoms with Crippen molar-refractivity contribution in [2.45, 2.75) is 39.0 Å². The second-order valence-electron chi connectivity index (χ2n) is 4.13. The van der Waals surface area contributed by atoms with E-state index >= 15 is 0 Å². The zero-order valence-electron chi connectivity index (χ0n) is 9.14. The van der Waals surface area contributed by atoms with Crippen LogP contribution in [0.15, 0.2) is 0 Å². The predicted molar refractivity (Wildman–Crippen MR) is 58.1 cm³/mol. The highest BCUT2D eigenvalue weighted by Crippen LogP contribution is 2.27. The summed E-state index contributed by atoms with van der Waals surface area (Å²) in [7, 11) is 0. The van der Waals surface area contributed by atoms with Crippen molar-refractivity contribution in [2.24, 2.45) is 5.92 Å². The second-order valence-corrected chi connectivity index (χ2v) is 4.13. The average Bonchev–Trinajstić information content (AvgIpc) is 2.98. The molecule has 1 aliphatic rings. The molecular formula is C11H22N2O. The van der Waals surface area contributed by atoms with Crippen molar-refractivity contribution >= 4 is 5.91 Å². The molecule has 14 heavy (non-hydrogen) atoms. The lowest BCUT2D eigenvalue weighted by Gasteiger charge is -2.05. The Labute approximate surface area is 86.6 Å². The minimum atomic E-state index is 0.147. The zero-order valence-corrected chi connectivity index (χ0v) is 9.14. The molecule has 0 radical (unpaired) electrons. The molecule has 0 unspecified atom stereocenters. The van der Waals surface area contributed by atoms with Crippen LogP contribution in [0.25, 0.3) is 0 Å². The minimum Gasteiger partial charge on any atom is -0.355 e. The lowest BCUT2D eigenvalue weighted by atomic mass is 10.2. The van der Waals surface area contributed by atoms with Crippen LogP contribution < -0.4 is 10.6 Å². The number of hydrogen-bond donors (Lipinski definition) is 2. The molecule has 1 amide bonds. The van der Waals surface area contributed by atoms with Crippen LogP contribution >= 0.6 is 0 Å². The van der Waals surface area contributed by atoms with Crippen LogP contribution in [0.2, 0.25) is 0 Å². The number of carbonyl (C=O) groups is 1. The number of amides is 1. The van der Waals surface area contributed by atoms with Gasteiger partial charge < -0.3 is 10.6 Å². The lowest BCUT2D eigenvalue weighted by molar-refractivity contribution is -0.120. The van der Waals surface area contributed by atoms with E-state index in [0.717, 1.165) is 19.0 Å². The Bertz CT molecular complexity index is 167. The molecule has 0 aromatic rings. The van der Waals surface area contributed by atoms with Crippen molar-refractivity contribution in [3.05, 3.63) is 0 Å². The summed E-state index contributed by atoms with van der Waals surface area (Å²) in [5.41, 5.74) is 0. The third kappa shape index (κ3) is 5.97. The molecule has 3 nitrogen and oxygen atoms in total. The molecule has 1 fully saturated rings. The van der Waals surface area contributed by atoms with Crippen LogP contribution in [0, 0.1) is 5.92 Å². The van der Waals surface area contributed by atoms with Gasteiger partial charge in [-0.25, -0.2) is 0 Å². The summed E-state index contributed by atoms with van der Waals surface area (Å²) in [4.78, 5) is 11.2. The highest BCUT2D eigenvalue weighted by atomic mass is 16.1. The summed E-state index contributed by atoms with van der Waals surface area (Å²) < 4.78 is 0. The number of unbranched alkanes of at least 4 members (excludes halogenated alkanes) is 2. The van der Waals surface area contributed by atoms with Gasteiger partial charge >= 0.3 is 0 Å². The maximum atomic E-state index is 11.2. The van der Waals surface area contributed by atoms with E-state index in [1.165, 1.54) is 32.1 Å². The van der Waals surface area contributed by atoms with Crippen molar-refractivity contribution in [1.82, 2.24) is 10.6 Å². The first-order chi connectivity index (χ1) is 6.83. The number of carbonyl (C=O) groups excluding carboxylic acids is 1. The van der Waals surface area contributed by atoms with E-state index < -0.39 is 0 Å². The first kappa shape index (κ1) is 11.5. The van der Waals surface area contributed by atoms with Gasteiger partial charge in [0.05, 0.1) is 6.54 Å². The van der Waals surface area contributed by atoms with Crippen molar-refractivity contribution < 1.29 is 4.79 Å². The van der Waals surface area contributed by atoms with E-state index in [4.69, 9.17) is 0 Å². The molecule has 3 heteroatoms. The fraction of sp³-hybridized carbons (Fsp3) is 0.909. The summed E-state index contributed by atoms with van der Waals surface area (Å²) in [6.07, 6.45) is 6.24. The molecule has 0 heterocycles. The molecule has 0 aliphatic heterocycles. The lowest BCUT2D eigenvalue weighted by Crippen LogP contribution is -2.35. The molecule has 1 rings (SSSR count). The standard InChI is InChI=1S/C11H22N2O/c1-2-3-4-7-12-9-11(14)13-8-10-5-6-10/h10,12H,2-9H2,1H3,(H,13,14). The summed E-state index contributed by atoms with van der Waals surface area (Å²) in [5.74, 6) is 0.924. The average molecular weight is 198 g/mol. The van der Waals surface area contributed by atoms with Gasteiger partial charge in [-0.05, 0) is 31.7 Å². The molecule has 0 saturated heterocycles. The van der Waals surface area contributed by atoms with Gasteiger partial charge in [0.15, 0.2) is 0 Å². The first-order valence-corrected chi connectivity index (χ1v) is 5.80. The largest absolute Gasteiger partial charge is 0.355 e. The van der Waals surface area contributed by atoms with Gasteiger partial charge in [-0.3, -0.25) is 4.79 Å². The molecule has 1 saturated carbocycles. The Morgan fingerprint density at radius 1 is 1.36 bits per heavy atom. The predicted octanol–water partition coefficient (Wildman–Crippen LogP) is 1.29. The highest BCUT2D eigenvalue weighted by Gasteiger charge is 2.21. The van der Waals surface area contributed by atoms with Gasteiger partial charge in [-0.1, -0.05) is 19.8 Å². The van der Waals surface area contributed by atoms with Gasteiger partial charge in [0.1, 0.15) is 0 Å². The van der Waals surface area contributed by atoms with Crippen molar-refractivity contribution in [1.29, 1.82) is 0 Å². The Kier molecular flexibility index (Phi) is 5.60. The maximum Gasteiger partial charge on any atom is 0.233 e. The summed E-state index contributed by atoms with van der Waals surface area (Å²) in [5, 5.41) is 6.09. The Morgan fingerprint density at radius 3 is 2.79 bits per heavy atom. The van der Waals surface area contributed by atoms with Crippen molar-refractivity contribution in [2.75, 3.05) is 19.6 Å². The van der Waals surface area contributed by atoms with E-state index in [1.807, 2.05) is 0 Å². The smallest absolute Gasteiger partial charge is 0.233 e. The highest BCUT2D eigenvalue weighted by molar-refractivity contribution is 5.77. The SMILES string of the molecule is CCCCCNCC(=O)NCC1CC1. The summed E-state index contributed by atoms with van der Waals surface area (Å²) in [6.45, 7) is 4.51. The van der Waals surface area contributed by atoms with Crippen molar-refractivity contribution in [3.8, 4) is 0 Å². The normalized spacial score (nSPS) is 15.5. The van der Waals surface area contributed by atoms with Crippen LogP contribution in [0.5, 0.6) is 0 Å². The zero-order chi connectivity index (χ0) is 10.2.